The van der Waals surface area contributed by atoms with E-state index in [1.807, 2.05) is 0 Å². The highest BCUT2D eigenvalue weighted by Crippen LogP contribution is 2.19. The van der Waals surface area contributed by atoms with Gasteiger partial charge in [-0.2, -0.15) is 0 Å². The van der Waals surface area contributed by atoms with Crippen LogP contribution in [0, 0.1) is 0 Å². The molecule has 2 aliphatic heterocycles. The van der Waals surface area contributed by atoms with Crippen molar-refractivity contribution in [3.63, 3.8) is 0 Å². The molecule has 3 unspecified atom stereocenters. The zero-order valence-electron chi connectivity index (χ0n) is 10.6. The minimum Gasteiger partial charge on any atom is -0.480 e. The number of hydrogen-bond acceptors (Lipinski definition) is 4. The first-order valence-electron chi connectivity index (χ1n) is 6.13. The molecule has 2 fully saturated rings. The summed E-state index contributed by atoms with van der Waals surface area (Å²) >= 11 is 0. The highest BCUT2D eigenvalue weighted by molar-refractivity contribution is 5.90. The molecule has 3 N–H and O–H groups in total. The Morgan fingerprint density at radius 1 is 1.42 bits per heavy atom. The number of carboxylic acids is 1. The molecule has 0 aliphatic carbocycles. The number of likely N-dealkylation sites (tertiary alicyclic amines) is 2. The molecule has 2 heterocycles. The molecule has 0 spiro atoms. The van der Waals surface area contributed by atoms with Crippen LogP contribution in [0.15, 0.2) is 0 Å². The maximum Gasteiger partial charge on any atom is 0.326 e. The second-order valence-electron chi connectivity index (χ2n) is 4.95. The molecule has 0 radical (unpaired) electrons. The van der Waals surface area contributed by atoms with Crippen molar-refractivity contribution in [1.82, 2.24) is 15.1 Å². The quantitative estimate of drug-likeness (QED) is 0.563. The predicted octanol–water partition coefficient (Wildman–Crippen LogP) is -1.55. The lowest BCUT2D eigenvalue weighted by molar-refractivity contribution is -0.141. The summed E-state index contributed by atoms with van der Waals surface area (Å²) in [6.07, 6.45) is -0.315. The van der Waals surface area contributed by atoms with Gasteiger partial charge in [0.1, 0.15) is 12.1 Å². The van der Waals surface area contributed by atoms with Gasteiger partial charge in [-0.05, 0) is 6.42 Å². The van der Waals surface area contributed by atoms with E-state index >= 15 is 0 Å². The molecule has 3 amide bonds. The molecule has 2 saturated heterocycles. The molecule has 2 aliphatic rings. The van der Waals surface area contributed by atoms with E-state index in [0.29, 0.717) is 13.0 Å². The molecule has 0 saturated carbocycles. The molecule has 19 heavy (non-hydrogen) atoms. The van der Waals surface area contributed by atoms with E-state index in [-0.39, 0.29) is 18.9 Å². The molecule has 0 aromatic carbocycles. The summed E-state index contributed by atoms with van der Waals surface area (Å²) < 4.78 is 0. The van der Waals surface area contributed by atoms with Crippen LogP contribution in [0.4, 0.5) is 4.79 Å². The SMILES string of the molecule is CN1CCC(NC(=O)N2CC(O)CC2C(=O)O)C1=O. The molecule has 3 atom stereocenters. The molecule has 8 heteroatoms. The van der Waals surface area contributed by atoms with Crippen molar-refractivity contribution in [2.45, 2.75) is 31.0 Å². The van der Waals surface area contributed by atoms with Crippen molar-refractivity contribution in [2.75, 3.05) is 20.1 Å². The minimum atomic E-state index is -1.15. The summed E-state index contributed by atoms with van der Waals surface area (Å²) in [6.45, 7) is 0.536. The first-order valence-corrected chi connectivity index (χ1v) is 6.13. The lowest BCUT2D eigenvalue weighted by Gasteiger charge is -2.23. The summed E-state index contributed by atoms with van der Waals surface area (Å²) in [4.78, 5) is 37.2. The van der Waals surface area contributed by atoms with Gasteiger partial charge in [-0.25, -0.2) is 9.59 Å². The van der Waals surface area contributed by atoms with E-state index in [1.165, 1.54) is 4.90 Å². The highest BCUT2D eigenvalue weighted by Gasteiger charge is 2.40. The van der Waals surface area contributed by atoms with E-state index in [2.05, 4.69) is 5.32 Å². The normalized spacial score (nSPS) is 30.8. The Labute approximate surface area is 110 Å². The standard InChI is InChI=1S/C11H17N3O5/c1-13-3-2-7(9(13)16)12-11(19)14-5-6(15)4-8(14)10(17)18/h6-8,15H,2-5H2,1H3,(H,12,19)(H,17,18). The van der Waals surface area contributed by atoms with Gasteiger partial charge in [-0.15, -0.1) is 0 Å². The number of aliphatic hydroxyl groups excluding tert-OH is 1. The Morgan fingerprint density at radius 2 is 2.11 bits per heavy atom. The van der Waals surface area contributed by atoms with Gasteiger partial charge in [-0.1, -0.05) is 0 Å². The Balaban J connectivity index is 1.99. The third-order valence-corrected chi connectivity index (χ3v) is 3.55. The fourth-order valence-corrected chi connectivity index (χ4v) is 2.46. The van der Waals surface area contributed by atoms with Gasteiger partial charge >= 0.3 is 12.0 Å². The molecular weight excluding hydrogens is 254 g/mol. The Kier molecular flexibility index (Phi) is 3.61. The second-order valence-corrected chi connectivity index (χ2v) is 4.95. The number of nitrogens with zero attached hydrogens (tertiary/aromatic N) is 2. The number of carbonyl (C=O) groups excluding carboxylic acids is 2. The molecular formula is C11H17N3O5. The summed E-state index contributed by atoms with van der Waals surface area (Å²) in [5.41, 5.74) is 0. The average Bonchev–Trinajstić information content (AvgIpc) is 2.87. The highest BCUT2D eigenvalue weighted by atomic mass is 16.4. The molecule has 8 nitrogen and oxygen atoms in total. The maximum absolute atomic E-state index is 12.0. The monoisotopic (exact) mass is 271 g/mol. The van der Waals surface area contributed by atoms with Gasteiger partial charge in [0.05, 0.1) is 6.10 Å². The number of aliphatic hydroxyl groups is 1. The Hall–Kier alpha value is -1.83. The maximum atomic E-state index is 12.0. The van der Waals surface area contributed by atoms with Crippen LogP contribution in [-0.2, 0) is 9.59 Å². The number of carbonyl (C=O) groups is 3. The third-order valence-electron chi connectivity index (χ3n) is 3.55. The number of β-amino-alcohol motifs (C(OH)–C–C–N with tert-alkyl or cyclic N) is 1. The predicted molar refractivity (Wildman–Crippen MR) is 63.3 cm³/mol. The van der Waals surface area contributed by atoms with Gasteiger partial charge in [0.25, 0.3) is 0 Å². The largest absolute Gasteiger partial charge is 0.480 e. The number of amides is 3. The number of nitrogens with one attached hydrogen (secondary N) is 1. The fraction of sp³-hybridized carbons (Fsp3) is 0.727. The van der Waals surface area contributed by atoms with Crippen molar-refractivity contribution >= 4 is 17.9 Å². The summed E-state index contributed by atoms with van der Waals surface area (Å²) in [5, 5.41) is 21.0. The lowest BCUT2D eigenvalue weighted by Crippen LogP contribution is -2.51. The molecule has 2 rings (SSSR count). The van der Waals surface area contributed by atoms with Crippen molar-refractivity contribution in [2.24, 2.45) is 0 Å². The second kappa shape index (κ2) is 5.04. The topological polar surface area (TPSA) is 110 Å². The first-order chi connectivity index (χ1) is 8.90. The summed E-state index contributed by atoms with van der Waals surface area (Å²) in [7, 11) is 1.65. The van der Waals surface area contributed by atoms with E-state index < -0.39 is 30.2 Å². The van der Waals surface area contributed by atoms with Crippen LogP contribution >= 0.6 is 0 Å². The fourth-order valence-electron chi connectivity index (χ4n) is 2.46. The van der Waals surface area contributed by atoms with Gasteiger partial charge in [0.2, 0.25) is 5.91 Å². The zero-order valence-corrected chi connectivity index (χ0v) is 10.6. The number of likely N-dealkylation sites (N-methyl/N-ethyl adjacent to an activating group) is 1. The molecule has 0 aromatic heterocycles. The minimum absolute atomic E-state index is 0.0151. The molecule has 106 valence electrons. The van der Waals surface area contributed by atoms with Crippen LogP contribution in [0.2, 0.25) is 0 Å². The average molecular weight is 271 g/mol. The molecule has 0 aromatic rings. The van der Waals surface area contributed by atoms with E-state index in [1.54, 1.807) is 7.05 Å². The van der Waals surface area contributed by atoms with Crippen molar-refractivity contribution in [3.8, 4) is 0 Å². The van der Waals surface area contributed by atoms with Crippen LogP contribution in [0.25, 0.3) is 0 Å². The number of aliphatic carboxylic acids is 1. The smallest absolute Gasteiger partial charge is 0.326 e. The summed E-state index contributed by atoms with van der Waals surface area (Å²) in [5.74, 6) is -1.33. The van der Waals surface area contributed by atoms with Crippen LogP contribution in [0.1, 0.15) is 12.8 Å². The van der Waals surface area contributed by atoms with Crippen LogP contribution in [0.5, 0.6) is 0 Å². The van der Waals surface area contributed by atoms with E-state index in [4.69, 9.17) is 5.11 Å². The first kappa shape index (κ1) is 13.6. The Bertz CT molecular complexity index is 413. The third kappa shape index (κ3) is 2.62. The number of rotatable bonds is 2. The molecule has 0 bridgehead atoms. The van der Waals surface area contributed by atoms with Crippen molar-refractivity contribution in [3.05, 3.63) is 0 Å². The van der Waals surface area contributed by atoms with Crippen LogP contribution in [-0.4, -0.2) is 76.2 Å². The van der Waals surface area contributed by atoms with Crippen LogP contribution < -0.4 is 5.32 Å². The zero-order chi connectivity index (χ0) is 14.2. The van der Waals surface area contributed by atoms with Gasteiger partial charge in [0, 0.05) is 26.6 Å². The van der Waals surface area contributed by atoms with E-state index in [9.17, 15) is 19.5 Å². The van der Waals surface area contributed by atoms with Crippen LogP contribution in [0.3, 0.4) is 0 Å². The van der Waals surface area contributed by atoms with Gasteiger partial charge < -0.3 is 25.3 Å². The van der Waals surface area contributed by atoms with Crippen molar-refractivity contribution in [1.29, 1.82) is 0 Å². The summed E-state index contributed by atoms with van der Waals surface area (Å²) in [6, 6.07) is -2.26. The lowest BCUT2D eigenvalue weighted by atomic mass is 10.2. The number of carboxylic acid groups (broad SMARTS) is 1. The van der Waals surface area contributed by atoms with E-state index in [0.717, 1.165) is 4.90 Å². The van der Waals surface area contributed by atoms with Crippen molar-refractivity contribution < 1.29 is 24.6 Å². The number of urea groups is 1. The Morgan fingerprint density at radius 3 is 2.63 bits per heavy atom. The van der Waals surface area contributed by atoms with Gasteiger partial charge in [-0.3, -0.25) is 4.79 Å². The van der Waals surface area contributed by atoms with Gasteiger partial charge in [0.15, 0.2) is 0 Å². The number of hydrogen-bond donors (Lipinski definition) is 3.